The molecule has 0 aliphatic rings. The minimum Gasteiger partial charge on any atom is -0.383 e. The van der Waals surface area contributed by atoms with Gasteiger partial charge in [-0.2, -0.15) is 0 Å². The van der Waals surface area contributed by atoms with Gasteiger partial charge in [0.15, 0.2) is 0 Å². The van der Waals surface area contributed by atoms with Crippen LogP contribution in [0.1, 0.15) is 40.2 Å². The number of anilines is 1. The van der Waals surface area contributed by atoms with Gasteiger partial charge in [0.25, 0.3) is 0 Å². The molecule has 1 rings (SSSR count). The molecule has 2 heteroatoms. The van der Waals surface area contributed by atoms with Crippen molar-refractivity contribution in [3.8, 4) is 0 Å². The fourth-order valence-electron chi connectivity index (χ4n) is 1.57. The Kier molecular flexibility index (Phi) is 3.82. The second-order valence-corrected chi connectivity index (χ2v) is 6.15. The smallest absolute Gasteiger partial charge is 0.0380 e. The van der Waals surface area contributed by atoms with Crippen LogP contribution in [0.2, 0.25) is 0 Å². The molecule has 0 atom stereocenters. The lowest BCUT2D eigenvalue weighted by atomic mass is 9.85. The fourth-order valence-corrected chi connectivity index (χ4v) is 1.93. The Bertz CT molecular complexity index is 337. The number of nitrogens with one attached hydrogen (secondary N) is 1. The van der Waals surface area contributed by atoms with Crippen LogP contribution in [0.4, 0.5) is 5.69 Å². The van der Waals surface area contributed by atoms with E-state index >= 15 is 0 Å². The quantitative estimate of drug-likeness (QED) is 0.830. The van der Waals surface area contributed by atoms with Crippen molar-refractivity contribution in [3.63, 3.8) is 0 Å². The van der Waals surface area contributed by atoms with E-state index in [0.717, 1.165) is 4.47 Å². The number of benzene rings is 1. The molecule has 1 nitrogen and oxygen atoms in total. The van der Waals surface area contributed by atoms with Crippen molar-refractivity contribution >= 4 is 21.6 Å². The second-order valence-electron chi connectivity index (χ2n) is 5.24. The zero-order chi connectivity index (χ0) is 11.6. The minimum atomic E-state index is 0.168. The van der Waals surface area contributed by atoms with Gasteiger partial charge in [0.2, 0.25) is 0 Å². The van der Waals surface area contributed by atoms with E-state index in [1.807, 2.05) is 0 Å². The molecule has 1 aromatic rings. The van der Waals surface area contributed by atoms with Crippen molar-refractivity contribution < 1.29 is 0 Å². The first kappa shape index (κ1) is 12.6. The topological polar surface area (TPSA) is 12.0 Å². The summed E-state index contributed by atoms with van der Waals surface area (Å²) in [6.07, 6.45) is 0. The highest BCUT2D eigenvalue weighted by atomic mass is 79.9. The highest BCUT2D eigenvalue weighted by molar-refractivity contribution is 9.10. The van der Waals surface area contributed by atoms with Gasteiger partial charge >= 0.3 is 0 Å². The Morgan fingerprint density at radius 2 is 1.80 bits per heavy atom. The normalized spacial score (nSPS) is 11.9. The third-order valence-electron chi connectivity index (χ3n) is 2.23. The summed E-state index contributed by atoms with van der Waals surface area (Å²) in [4.78, 5) is 0. The molecule has 0 saturated carbocycles. The number of hydrogen-bond donors (Lipinski definition) is 1. The number of hydrogen-bond acceptors (Lipinski definition) is 1. The molecule has 0 spiro atoms. The maximum Gasteiger partial charge on any atom is 0.0380 e. The molecule has 0 unspecified atom stereocenters. The Balaban J connectivity index is 3.15. The molecule has 0 aromatic heterocycles. The van der Waals surface area contributed by atoms with Crippen LogP contribution in [0.5, 0.6) is 0 Å². The van der Waals surface area contributed by atoms with Gasteiger partial charge in [0.05, 0.1) is 0 Å². The van der Waals surface area contributed by atoms with Crippen LogP contribution in [-0.2, 0) is 5.41 Å². The van der Waals surface area contributed by atoms with Gasteiger partial charge in [-0.15, -0.1) is 0 Å². The zero-order valence-corrected chi connectivity index (χ0v) is 11.8. The van der Waals surface area contributed by atoms with Crippen LogP contribution >= 0.6 is 15.9 Å². The Hall–Kier alpha value is -0.500. The summed E-state index contributed by atoms with van der Waals surface area (Å²) in [5.74, 6) is 0. The van der Waals surface area contributed by atoms with E-state index in [1.165, 1.54) is 11.3 Å². The van der Waals surface area contributed by atoms with E-state index in [1.54, 1.807) is 0 Å². The van der Waals surface area contributed by atoms with Crippen LogP contribution in [0, 0.1) is 0 Å². The van der Waals surface area contributed by atoms with Crippen LogP contribution in [-0.4, -0.2) is 6.04 Å². The molecule has 0 aliphatic carbocycles. The Morgan fingerprint density at radius 3 is 2.27 bits per heavy atom. The van der Waals surface area contributed by atoms with Crippen molar-refractivity contribution in [1.82, 2.24) is 0 Å². The monoisotopic (exact) mass is 269 g/mol. The first-order chi connectivity index (χ1) is 6.80. The summed E-state index contributed by atoms with van der Waals surface area (Å²) in [5.41, 5.74) is 2.76. The second kappa shape index (κ2) is 4.56. The average Bonchev–Trinajstić information content (AvgIpc) is 2.05. The summed E-state index contributed by atoms with van der Waals surface area (Å²) in [7, 11) is 0. The van der Waals surface area contributed by atoms with Gasteiger partial charge in [0.1, 0.15) is 0 Å². The van der Waals surface area contributed by atoms with Crippen molar-refractivity contribution in [3.05, 3.63) is 28.2 Å². The highest BCUT2D eigenvalue weighted by Crippen LogP contribution is 2.32. The van der Waals surface area contributed by atoms with E-state index in [0.29, 0.717) is 6.04 Å². The molecule has 0 aliphatic heterocycles. The molecule has 0 heterocycles. The first-order valence-corrected chi connectivity index (χ1v) is 6.16. The Morgan fingerprint density at radius 1 is 1.20 bits per heavy atom. The minimum absolute atomic E-state index is 0.168. The molecular weight excluding hydrogens is 250 g/mol. The summed E-state index contributed by atoms with van der Waals surface area (Å²) in [6.45, 7) is 11.0. The van der Waals surface area contributed by atoms with Crippen LogP contribution < -0.4 is 5.32 Å². The van der Waals surface area contributed by atoms with Gasteiger partial charge < -0.3 is 5.32 Å². The van der Waals surface area contributed by atoms with E-state index in [2.05, 4.69) is 74.1 Å². The molecule has 0 amide bonds. The highest BCUT2D eigenvalue weighted by Gasteiger charge is 2.18. The predicted molar refractivity (Wildman–Crippen MR) is 71.6 cm³/mol. The van der Waals surface area contributed by atoms with Crippen molar-refractivity contribution in [2.75, 3.05) is 5.32 Å². The standard InChI is InChI=1S/C13H20BrN/c1-9(2)15-12-7-6-10(14)8-11(12)13(3,4)5/h6-9,15H,1-5H3. The SMILES string of the molecule is CC(C)Nc1ccc(Br)cc1C(C)(C)C. The summed E-state index contributed by atoms with van der Waals surface area (Å²) in [5, 5.41) is 3.49. The van der Waals surface area contributed by atoms with E-state index in [4.69, 9.17) is 0 Å². The largest absolute Gasteiger partial charge is 0.383 e. The van der Waals surface area contributed by atoms with Crippen molar-refractivity contribution in [1.29, 1.82) is 0 Å². The first-order valence-electron chi connectivity index (χ1n) is 5.37. The molecule has 0 bridgehead atoms. The maximum absolute atomic E-state index is 3.53. The molecule has 84 valence electrons. The summed E-state index contributed by atoms with van der Waals surface area (Å²) < 4.78 is 1.14. The van der Waals surface area contributed by atoms with Gasteiger partial charge in [-0.25, -0.2) is 0 Å². The van der Waals surface area contributed by atoms with Gasteiger partial charge in [-0.05, 0) is 43.0 Å². The molecule has 0 fully saturated rings. The fraction of sp³-hybridized carbons (Fsp3) is 0.538. The lowest BCUT2D eigenvalue weighted by Crippen LogP contribution is -2.18. The maximum atomic E-state index is 3.53. The molecular formula is C13H20BrN. The van der Waals surface area contributed by atoms with Crippen LogP contribution in [0.3, 0.4) is 0 Å². The molecule has 1 N–H and O–H groups in total. The average molecular weight is 270 g/mol. The third-order valence-corrected chi connectivity index (χ3v) is 2.73. The van der Waals surface area contributed by atoms with Crippen LogP contribution in [0.15, 0.2) is 22.7 Å². The lowest BCUT2D eigenvalue weighted by Gasteiger charge is -2.25. The number of rotatable bonds is 2. The summed E-state index contributed by atoms with van der Waals surface area (Å²) in [6, 6.07) is 6.89. The molecule has 15 heavy (non-hydrogen) atoms. The van der Waals surface area contributed by atoms with E-state index < -0.39 is 0 Å². The van der Waals surface area contributed by atoms with Gasteiger partial charge in [-0.3, -0.25) is 0 Å². The van der Waals surface area contributed by atoms with E-state index in [-0.39, 0.29) is 5.41 Å². The number of halogens is 1. The zero-order valence-electron chi connectivity index (χ0n) is 10.2. The van der Waals surface area contributed by atoms with Gasteiger partial charge in [-0.1, -0.05) is 36.7 Å². The van der Waals surface area contributed by atoms with Gasteiger partial charge in [0, 0.05) is 16.2 Å². The molecule has 0 radical (unpaired) electrons. The van der Waals surface area contributed by atoms with Crippen molar-refractivity contribution in [2.24, 2.45) is 0 Å². The summed E-state index contributed by atoms with van der Waals surface area (Å²) >= 11 is 3.53. The Labute approximate surface area is 101 Å². The third kappa shape index (κ3) is 3.53. The van der Waals surface area contributed by atoms with Crippen molar-refractivity contribution in [2.45, 2.75) is 46.1 Å². The van der Waals surface area contributed by atoms with Crippen LogP contribution in [0.25, 0.3) is 0 Å². The van der Waals surface area contributed by atoms with E-state index in [9.17, 15) is 0 Å². The predicted octanol–water partition coefficient (Wildman–Crippen LogP) is 4.57. The molecule has 1 aromatic carbocycles. The molecule has 0 saturated heterocycles. The lowest BCUT2D eigenvalue weighted by molar-refractivity contribution is 0.590.